The number of carbonyl (C=O) groups excluding carboxylic acids is 1. The summed E-state index contributed by atoms with van der Waals surface area (Å²) < 4.78 is 84.7. The van der Waals surface area contributed by atoms with Crippen molar-refractivity contribution in [1.82, 2.24) is 24.6 Å². The van der Waals surface area contributed by atoms with Gasteiger partial charge in [-0.15, -0.1) is 0 Å². The van der Waals surface area contributed by atoms with Crippen LogP contribution in [0.5, 0.6) is 0 Å². The number of ether oxygens (including phenoxy) is 1. The van der Waals surface area contributed by atoms with Gasteiger partial charge in [0.2, 0.25) is 5.95 Å². The lowest BCUT2D eigenvalue weighted by Gasteiger charge is -2.30. The average Bonchev–Trinajstić information content (AvgIpc) is 3.58. The summed E-state index contributed by atoms with van der Waals surface area (Å²) in [6.45, 7) is 7.23. The Morgan fingerprint density at radius 1 is 1.07 bits per heavy atom. The van der Waals surface area contributed by atoms with Gasteiger partial charge in [0.25, 0.3) is 6.43 Å². The molecule has 43 heavy (non-hydrogen) atoms. The molecule has 1 aliphatic heterocycles. The highest BCUT2D eigenvalue weighted by atomic mass is 19.4. The number of hydrogen-bond acceptors (Lipinski definition) is 6. The number of aryl methyl sites for hydroxylation is 1. The molecule has 236 valence electrons. The van der Waals surface area contributed by atoms with Crippen molar-refractivity contribution in [3.63, 3.8) is 0 Å². The summed E-state index contributed by atoms with van der Waals surface area (Å²) in [6.07, 6.45) is -0.745. The van der Waals surface area contributed by atoms with E-state index in [2.05, 4.69) is 15.1 Å². The van der Waals surface area contributed by atoms with Crippen LogP contribution in [-0.4, -0.2) is 62.1 Å². The fraction of sp³-hybridized carbons (Fsp3) is 0.517. The lowest BCUT2D eigenvalue weighted by Crippen LogP contribution is -2.42. The molecule has 3 heterocycles. The first-order valence-corrected chi connectivity index (χ1v) is 13.6. The Balaban J connectivity index is 0.00000248. The summed E-state index contributed by atoms with van der Waals surface area (Å²) >= 11 is 0. The summed E-state index contributed by atoms with van der Waals surface area (Å²) in [7, 11) is 2.27. The lowest BCUT2D eigenvalue weighted by molar-refractivity contribution is -0.137. The van der Waals surface area contributed by atoms with E-state index < -0.39 is 41.5 Å². The second kappa shape index (κ2) is 13.6. The van der Waals surface area contributed by atoms with Crippen molar-refractivity contribution < 1.29 is 35.9 Å². The van der Waals surface area contributed by atoms with Crippen LogP contribution in [0.3, 0.4) is 0 Å². The lowest BCUT2D eigenvalue weighted by atomic mass is 10.0. The number of anilines is 1. The first-order valence-electron chi connectivity index (χ1n) is 13.6. The molecule has 1 fully saturated rings. The van der Waals surface area contributed by atoms with Gasteiger partial charge in [-0.05, 0) is 57.4 Å². The molecule has 14 heteroatoms. The Labute approximate surface area is 246 Å². The fourth-order valence-electron chi connectivity index (χ4n) is 4.90. The van der Waals surface area contributed by atoms with Crippen LogP contribution >= 0.6 is 0 Å². The van der Waals surface area contributed by atoms with Crippen LogP contribution in [0.1, 0.15) is 63.7 Å². The molecule has 3 aromatic rings. The quantitative estimate of drug-likeness (QED) is 0.262. The molecule has 2 atom stereocenters. The largest absolute Gasteiger partial charge is 0.444 e. The molecule has 1 saturated heterocycles. The predicted octanol–water partition coefficient (Wildman–Crippen LogP) is 7.21. The Kier molecular flexibility index (Phi) is 10.7. The first-order chi connectivity index (χ1) is 20.1. The molecule has 2 aromatic heterocycles. The molecule has 0 saturated carbocycles. The maximum absolute atomic E-state index is 13.6. The summed E-state index contributed by atoms with van der Waals surface area (Å²) in [5, 5.41) is 4.14. The van der Waals surface area contributed by atoms with Crippen LogP contribution in [0.2, 0.25) is 0 Å². The molecule has 4 rings (SSSR count). The van der Waals surface area contributed by atoms with Crippen molar-refractivity contribution in [2.45, 2.75) is 77.4 Å². The Hall–Kier alpha value is -3.84. The van der Waals surface area contributed by atoms with Crippen LogP contribution in [-0.2, 0) is 24.5 Å². The molecule has 0 unspecified atom stereocenters. The second-order valence-corrected chi connectivity index (χ2v) is 11.1. The number of carbonyl (C=O) groups is 1. The molecule has 0 bridgehead atoms. The highest BCUT2D eigenvalue weighted by Gasteiger charge is 2.40. The van der Waals surface area contributed by atoms with Gasteiger partial charge in [0, 0.05) is 61.5 Å². The maximum Gasteiger partial charge on any atom is 0.416 e. The summed E-state index contributed by atoms with van der Waals surface area (Å²) in [5.74, 6) is 0.194. The van der Waals surface area contributed by atoms with Gasteiger partial charge in [-0.3, -0.25) is 9.07 Å². The molecule has 0 radical (unpaired) electrons. The molecule has 1 aromatic carbocycles. The van der Waals surface area contributed by atoms with Crippen LogP contribution < -0.4 is 4.90 Å². The number of rotatable bonds is 7. The molecule has 8 nitrogen and oxygen atoms in total. The molecular formula is C29H36F6N6O2. The van der Waals surface area contributed by atoms with Gasteiger partial charge < -0.3 is 14.5 Å². The zero-order valence-corrected chi connectivity index (χ0v) is 24.9. The van der Waals surface area contributed by atoms with E-state index >= 15 is 0 Å². The van der Waals surface area contributed by atoms with E-state index in [1.807, 2.05) is 6.92 Å². The predicted molar refractivity (Wildman–Crippen MR) is 149 cm³/mol. The van der Waals surface area contributed by atoms with E-state index in [4.69, 9.17) is 4.74 Å². The number of likely N-dealkylation sites (tertiary alicyclic amines) is 1. The number of halogens is 6. The number of alkyl halides is 6. The number of benzene rings is 1. The van der Waals surface area contributed by atoms with Crippen molar-refractivity contribution in [3.8, 4) is 11.1 Å². The number of hydrogen-bond donors (Lipinski definition) is 0. The SMILES string of the molecule is CC[C@@H]1C[C@H](N(Cc2cc(C(F)F)cc(C(F)(F)F)c2)c2ncc(-c3cnn(C)c3)cn2)CN1C(=O)OC(C)(C)C.CF. The minimum absolute atomic E-state index is 0.0267. The fourth-order valence-corrected chi connectivity index (χ4v) is 4.90. The molecule has 0 aliphatic carbocycles. The normalized spacial score (nSPS) is 17.1. The minimum Gasteiger partial charge on any atom is -0.444 e. The van der Waals surface area contributed by atoms with Crippen LogP contribution in [0.15, 0.2) is 43.0 Å². The van der Waals surface area contributed by atoms with Crippen molar-refractivity contribution in [1.29, 1.82) is 0 Å². The Morgan fingerprint density at radius 3 is 2.23 bits per heavy atom. The van der Waals surface area contributed by atoms with Crippen molar-refractivity contribution >= 4 is 12.0 Å². The van der Waals surface area contributed by atoms with Gasteiger partial charge >= 0.3 is 12.3 Å². The Bertz CT molecular complexity index is 1360. The monoisotopic (exact) mass is 614 g/mol. The van der Waals surface area contributed by atoms with E-state index in [-0.39, 0.29) is 30.6 Å². The van der Waals surface area contributed by atoms with E-state index in [0.717, 1.165) is 17.7 Å². The summed E-state index contributed by atoms with van der Waals surface area (Å²) in [5.41, 5.74) is -1.13. The van der Waals surface area contributed by atoms with Gasteiger partial charge in [0.1, 0.15) is 5.60 Å². The van der Waals surface area contributed by atoms with Gasteiger partial charge in [-0.25, -0.2) is 23.5 Å². The standard InChI is InChI=1S/C28H33F5N6O2.CH3F/c1-6-22-10-23(16-39(22)26(40)41-27(2,3)4)38(25-34-11-19(12-35-25)20-13-36-37(5)15-20)14-17-7-18(24(29)30)9-21(8-17)28(31,32)33;1-2/h7-9,11-13,15,22-24H,6,10,14,16H2,1-5H3;1H3/t22-,23+;/m1./s1. The smallest absolute Gasteiger partial charge is 0.416 e. The van der Waals surface area contributed by atoms with E-state index in [1.54, 1.807) is 67.1 Å². The zero-order valence-electron chi connectivity index (χ0n) is 24.9. The van der Waals surface area contributed by atoms with E-state index in [9.17, 15) is 31.1 Å². The Morgan fingerprint density at radius 2 is 1.72 bits per heavy atom. The van der Waals surface area contributed by atoms with Crippen LogP contribution in [0.25, 0.3) is 11.1 Å². The number of amides is 1. The number of aromatic nitrogens is 4. The summed E-state index contributed by atoms with van der Waals surface area (Å²) in [4.78, 5) is 25.3. The molecular weight excluding hydrogens is 578 g/mol. The van der Waals surface area contributed by atoms with Crippen LogP contribution in [0.4, 0.5) is 37.1 Å². The third kappa shape index (κ3) is 8.60. The molecule has 1 amide bonds. The van der Waals surface area contributed by atoms with Crippen molar-refractivity contribution in [2.24, 2.45) is 7.05 Å². The molecule has 1 aliphatic rings. The van der Waals surface area contributed by atoms with Gasteiger partial charge in [-0.1, -0.05) is 6.92 Å². The van der Waals surface area contributed by atoms with Gasteiger partial charge in [-0.2, -0.15) is 18.3 Å². The highest BCUT2D eigenvalue weighted by Crippen LogP contribution is 2.35. The zero-order chi connectivity index (χ0) is 32.1. The minimum atomic E-state index is -4.81. The van der Waals surface area contributed by atoms with E-state index in [0.29, 0.717) is 31.6 Å². The topological polar surface area (TPSA) is 76.4 Å². The third-order valence-electron chi connectivity index (χ3n) is 6.81. The second-order valence-electron chi connectivity index (χ2n) is 11.1. The third-order valence-corrected chi connectivity index (χ3v) is 6.81. The number of nitrogens with zero attached hydrogens (tertiary/aromatic N) is 6. The summed E-state index contributed by atoms with van der Waals surface area (Å²) in [6, 6.07) is 1.77. The van der Waals surface area contributed by atoms with Gasteiger partial charge in [0.05, 0.1) is 25.0 Å². The van der Waals surface area contributed by atoms with E-state index in [1.165, 1.54) is 0 Å². The first kappa shape index (κ1) is 33.7. The molecule has 0 N–H and O–H groups in total. The highest BCUT2D eigenvalue weighted by molar-refractivity contribution is 5.69. The average molecular weight is 615 g/mol. The van der Waals surface area contributed by atoms with Crippen molar-refractivity contribution in [2.75, 3.05) is 18.6 Å². The molecule has 0 spiro atoms. The maximum atomic E-state index is 13.6. The van der Waals surface area contributed by atoms with Crippen LogP contribution in [0, 0.1) is 0 Å². The van der Waals surface area contributed by atoms with Gasteiger partial charge in [0.15, 0.2) is 0 Å². The van der Waals surface area contributed by atoms with Crippen molar-refractivity contribution in [3.05, 3.63) is 59.7 Å².